The molecule has 136 valence electrons. The highest BCUT2D eigenvalue weighted by Crippen LogP contribution is 2.31. The maximum Gasteiger partial charge on any atom is 0.272 e. The molecule has 0 fully saturated rings. The van der Waals surface area contributed by atoms with Crippen molar-refractivity contribution < 1.29 is 14.3 Å². The summed E-state index contributed by atoms with van der Waals surface area (Å²) in [6, 6.07) is 12.8. The fourth-order valence-corrected chi connectivity index (χ4v) is 2.88. The number of benzene rings is 1. The molecule has 0 bridgehead atoms. The average molecular weight is 362 g/mol. The van der Waals surface area contributed by atoms with Crippen molar-refractivity contribution in [1.82, 2.24) is 19.9 Å². The Labute approximate surface area is 156 Å². The summed E-state index contributed by atoms with van der Waals surface area (Å²) in [5.74, 6) is 1.23. The van der Waals surface area contributed by atoms with Gasteiger partial charge in [0, 0.05) is 25.0 Å². The summed E-state index contributed by atoms with van der Waals surface area (Å²) in [7, 11) is 1.73. The standard InChI is InChI=1S/C20H18N4O3/c1-24(11-15-12-26-18-7-2-3-8-19(18)27-15)20(25)17-6-4-5-16(23-17)14-9-21-13-22-10-14/h2-10,13,15H,11-12H2,1H3/t15-/m0/s1. The first-order chi connectivity index (χ1) is 13.2. The first-order valence-corrected chi connectivity index (χ1v) is 8.57. The number of carbonyl (C=O) groups excluding carboxylic acids is 1. The highest BCUT2D eigenvalue weighted by atomic mass is 16.6. The van der Waals surface area contributed by atoms with Gasteiger partial charge in [-0.15, -0.1) is 0 Å². The Morgan fingerprint density at radius 3 is 2.70 bits per heavy atom. The summed E-state index contributed by atoms with van der Waals surface area (Å²) in [4.78, 5) is 26.8. The van der Waals surface area contributed by atoms with Crippen LogP contribution in [0, 0.1) is 0 Å². The molecule has 27 heavy (non-hydrogen) atoms. The molecule has 0 aliphatic carbocycles. The Morgan fingerprint density at radius 1 is 1.11 bits per heavy atom. The Kier molecular flexibility index (Phi) is 4.65. The molecular formula is C20H18N4O3. The van der Waals surface area contributed by atoms with Crippen molar-refractivity contribution in [3.8, 4) is 22.8 Å². The molecule has 0 N–H and O–H groups in total. The van der Waals surface area contributed by atoms with E-state index in [1.54, 1.807) is 36.5 Å². The SMILES string of the molecule is CN(C[C@H]1COc2ccccc2O1)C(=O)c1cccc(-c2cncnc2)n1. The third-order valence-electron chi connectivity index (χ3n) is 4.22. The molecule has 7 heteroatoms. The molecule has 1 amide bonds. The van der Waals surface area contributed by atoms with Crippen LogP contribution in [0.1, 0.15) is 10.5 Å². The second-order valence-corrected chi connectivity index (χ2v) is 6.22. The second kappa shape index (κ2) is 7.41. The lowest BCUT2D eigenvalue weighted by atomic mass is 10.2. The predicted molar refractivity (Wildman–Crippen MR) is 98.6 cm³/mol. The highest BCUT2D eigenvalue weighted by Gasteiger charge is 2.24. The molecular weight excluding hydrogens is 344 g/mol. The van der Waals surface area contributed by atoms with Gasteiger partial charge in [0.1, 0.15) is 18.6 Å². The van der Waals surface area contributed by atoms with Gasteiger partial charge in [0.2, 0.25) is 0 Å². The van der Waals surface area contributed by atoms with E-state index in [-0.39, 0.29) is 12.0 Å². The van der Waals surface area contributed by atoms with Crippen molar-refractivity contribution in [2.24, 2.45) is 0 Å². The first-order valence-electron chi connectivity index (χ1n) is 8.57. The van der Waals surface area contributed by atoms with Gasteiger partial charge in [-0.05, 0) is 24.3 Å². The molecule has 1 atom stereocenters. The van der Waals surface area contributed by atoms with Crippen LogP contribution in [0.4, 0.5) is 0 Å². The van der Waals surface area contributed by atoms with Crippen LogP contribution in [0.25, 0.3) is 11.3 Å². The van der Waals surface area contributed by atoms with Gasteiger partial charge >= 0.3 is 0 Å². The number of amides is 1. The molecule has 0 spiro atoms. The van der Waals surface area contributed by atoms with Gasteiger partial charge in [-0.3, -0.25) is 4.79 Å². The lowest BCUT2D eigenvalue weighted by Crippen LogP contribution is -2.42. The zero-order valence-electron chi connectivity index (χ0n) is 14.8. The summed E-state index contributed by atoms with van der Waals surface area (Å²) >= 11 is 0. The van der Waals surface area contributed by atoms with Crippen molar-refractivity contribution in [2.45, 2.75) is 6.10 Å². The van der Waals surface area contributed by atoms with Gasteiger partial charge in [0.15, 0.2) is 17.6 Å². The van der Waals surface area contributed by atoms with Gasteiger partial charge in [-0.25, -0.2) is 15.0 Å². The Morgan fingerprint density at radius 2 is 1.89 bits per heavy atom. The summed E-state index contributed by atoms with van der Waals surface area (Å²) in [5.41, 5.74) is 1.77. The van der Waals surface area contributed by atoms with Crippen LogP contribution < -0.4 is 9.47 Å². The molecule has 1 aliphatic heterocycles. The lowest BCUT2D eigenvalue weighted by Gasteiger charge is -2.29. The maximum atomic E-state index is 12.8. The van der Waals surface area contributed by atoms with Crippen molar-refractivity contribution in [2.75, 3.05) is 20.2 Å². The van der Waals surface area contributed by atoms with E-state index >= 15 is 0 Å². The van der Waals surface area contributed by atoms with E-state index in [1.165, 1.54) is 6.33 Å². The van der Waals surface area contributed by atoms with E-state index in [2.05, 4.69) is 15.0 Å². The molecule has 0 unspecified atom stereocenters. The van der Waals surface area contributed by atoms with Gasteiger partial charge in [0.05, 0.1) is 12.2 Å². The zero-order valence-corrected chi connectivity index (χ0v) is 14.8. The molecule has 3 aromatic rings. The number of hydrogen-bond donors (Lipinski definition) is 0. The normalized spacial score (nSPS) is 15.2. The fourth-order valence-electron chi connectivity index (χ4n) is 2.88. The van der Waals surface area contributed by atoms with Crippen molar-refractivity contribution in [3.63, 3.8) is 0 Å². The topological polar surface area (TPSA) is 77.4 Å². The van der Waals surface area contributed by atoms with Crippen LogP contribution in [0.15, 0.2) is 61.2 Å². The first kappa shape index (κ1) is 17.0. The number of ether oxygens (including phenoxy) is 2. The van der Waals surface area contributed by atoms with Gasteiger partial charge < -0.3 is 14.4 Å². The second-order valence-electron chi connectivity index (χ2n) is 6.22. The number of nitrogens with zero attached hydrogens (tertiary/aromatic N) is 4. The van der Waals surface area contributed by atoms with Crippen molar-refractivity contribution in [3.05, 3.63) is 66.9 Å². The van der Waals surface area contributed by atoms with E-state index < -0.39 is 0 Å². The van der Waals surface area contributed by atoms with E-state index in [1.807, 2.05) is 30.3 Å². The number of hydrogen-bond acceptors (Lipinski definition) is 6. The van der Waals surface area contributed by atoms with Gasteiger partial charge in [-0.1, -0.05) is 18.2 Å². The van der Waals surface area contributed by atoms with Crippen LogP contribution in [-0.2, 0) is 0 Å². The van der Waals surface area contributed by atoms with Crippen LogP contribution in [-0.4, -0.2) is 52.1 Å². The molecule has 0 radical (unpaired) electrons. The van der Waals surface area contributed by atoms with Gasteiger partial charge in [0.25, 0.3) is 5.91 Å². The van der Waals surface area contributed by atoms with Crippen LogP contribution in [0.5, 0.6) is 11.5 Å². The van der Waals surface area contributed by atoms with Crippen LogP contribution >= 0.6 is 0 Å². The Balaban J connectivity index is 1.45. The molecule has 1 aliphatic rings. The van der Waals surface area contributed by atoms with Gasteiger partial charge in [-0.2, -0.15) is 0 Å². The quantitative estimate of drug-likeness (QED) is 0.709. The number of pyridine rings is 1. The monoisotopic (exact) mass is 362 g/mol. The van der Waals surface area contributed by atoms with Crippen LogP contribution in [0.3, 0.4) is 0 Å². The predicted octanol–water partition coefficient (Wildman–Crippen LogP) is 2.45. The molecule has 2 aromatic heterocycles. The fraction of sp³-hybridized carbons (Fsp3) is 0.200. The summed E-state index contributed by atoms with van der Waals surface area (Å²) < 4.78 is 11.6. The summed E-state index contributed by atoms with van der Waals surface area (Å²) in [6.45, 7) is 0.789. The Bertz CT molecular complexity index is 949. The number of rotatable bonds is 4. The van der Waals surface area contributed by atoms with Crippen molar-refractivity contribution in [1.29, 1.82) is 0 Å². The van der Waals surface area contributed by atoms with E-state index in [4.69, 9.17) is 9.47 Å². The molecule has 7 nitrogen and oxygen atoms in total. The van der Waals surface area contributed by atoms with E-state index in [0.29, 0.717) is 30.3 Å². The third kappa shape index (κ3) is 3.72. The number of para-hydroxylation sites is 2. The number of aromatic nitrogens is 3. The minimum Gasteiger partial charge on any atom is -0.486 e. The number of likely N-dealkylation sites (N-methyl/N-ethyl adjacent to an activating group) is 1. The summed E-state index contributed by atoms with van der Waals surface area (Å²) in [5, 5.41) is 0. The average Bonchev–Trinajstić information content (AvgIpc) is 2.74. The van der Waals surface area contributed by atoms with E-state index in [0.717, 1.165) is 11.3 Å². The van der Waals surface area contributed by atoms with Crippen LogP contribution in [0.2, 0.25) is 0 Å². The third-order valence-corrected chi connectivity index (χ3v) is 4.22. The Hall–Kier alpha value is -3.48. The minimum atomic E-state index is -0.237. The molecule has 1 aromatic carbocycles. The molecule has 0 saturated carbocycles. The molecule has 0 saturated heterocycles. The zero-order chi connectivity index (χ0) is 18.6. The number of fused-ring (bicyclic) bond motifs is 1. The smallest absolute Gasteiger partial charge is 0.272 e. The largest absolute Gasteiger partial charge is 0.486 e. The minimum absolute atomic E-state index is 0.184. The van der Waals surface area contributed by atoms with Crippen molar-refractivity contribution >= 4 is 5.91 Å². The summed E-state index contributed by atoms with van der Waals surface area (Å²) in [6.07, 6.45) is 4.55. The van der Waals surface area contributed by atoms with E-state index in [9.17, 15) is 4.79 Å². The molecule has 4 rings (SSSR count). The lowest BCUT2D eigenvalue weighted by molar-refractivity contribution is 0.0517. The highest BCUT2D eigenvalue weighted by molar-refractivity contribution is 5.92. The molecule has 3 heterocycles. The number of carbonyl (C=O) groups is 1. The maximum absolute atomic E-state index is 12.8.